The predicted molar refractivity (Wildman–Crippen MR) is 96.7 cm³/mol. The lowest BCUT2D eigenvalue weighted by molar-refractivity contribution is -0.123. The van der Waals surface area contributed by atoms with Gasteiger partial charge in [-0.1, -0.05) is 12.1 Å². The van der Waals surface area contributed by atoms with Gasteiger partial charge in [0.15, 0.2) is 18.0 Å². The standard InChI is InChI=1S/C20H14F3NO6/c1-10-13-3-2-4-14(21)17(13)30-16(10)19(27)28-9-15(25)24-18(26)11-5-7-12(8-6-11)29-20(22)23/h2-8,20H,9H2,1H3,(H,24,25,26). The number of hydrogen-bond donors (Lipinski definition) is 1. The van der Waals surface area contributed by atoms with E-state index in [9.17, 15) is 27.6 Å². The van der Waals surface area contributed by atoms with Crippen molar-refractivity contribution in [1.82, 2.24) is 5.32 Å². The van der Waals surface area contributed by atoms with Crippen LogP contribution in [0.2, 0.25) is 0 Å². The van der Waals surface area contributed by atoms with Gasteiger partial charge in [-0.05, 0) is 37.3 Å². The zero-order chi connectivity index (χ0) is 21.8. The minimum absolute atomic E-state index is 0.0000957. The number of amides is 2. The predicted octanol–water partition coefficient (Wildman–Crippen LogP) is 3.60. The van der Waals surface area contributed by atoms with Gasteiger partial charge >= 0.3 is 12.6 Å². The van der Waals surface area contributed by atoms with Crippen molar-refractivity contribution in [3.05, 3.63) is 65.2 Å². The monoisotopic (exact) mass is 421 g/mol. The average Bonchev–Trinajstić information content (AvgIpc) is 3.04. The lowest BCUT2D eigenvalue weighted by Crippen LogP contribution is -2.34. The number of furan rings is 1. The molecular formula is C20H14F3NO6. The Labute approximate surface area is 167 Å². The van der Waals surface area contributed by atoms with Crippen molar-refractivity contribution in [2.45, 2.75) is 13.5 Å². The van der Waals surface area contributed by atoms with Gasteiger partial charge in [0.2, 0.25) is 5.76 Å². The van der Waals surface area contributed by atoms with Crippen molar-refractivity contribution in [3.63, 3.8) is 0 Å². The molecule has 1 N–H and O–H groups in total. The van der Waals surface area contributed by atoms with Crippen LogP contribution in [-0.4, -0.2) is 31.0 Å². The molecule has 0 unspecified atom stereocenters. The van der Waals surface area contributed by atoms with Crippen molar-refractivity contribution >= 4 is 28.8 Å². The van der Waals surface area contributed by atoms with E-state index in [0.29, 0.717) is 10.9 Å². The number of carbonyl (C=O) groups excluding carboxylic acids is 3. The van der Waals surface area contributed by atoms with Gasteiger partial charge in [0, 0.05) is 16.5 Å². The number of rotatable bonds is 6. The Morgan fingerprint density at radius 1 is 1.10 bits per heavy atom. The van der Waals surface area contributed by atoms with Crippen LogP contribution >= 0.6 is 0 Å². The Morgan fingerprint density at radius 3 is 2.43 bits per heavy atom. The summed E-state index contributed by atoms with van der Waals surface area (Å²) in [6.07, 6.45) is 0. The molecule has 30 heavy (non-hydrogen) atoms. The topological polar surface area (TPSA) is 94.8 Å². The van der Waals surface area contributed by atoms with E-state index in [4.69, 9.17) is 9.15 Å². The number of alkyl halides is 2. The number of para-hydroxylation sites is 1. The Bertz CT molecular complexity index is 1110. The number of esters is 1. The van der Waals surface area contributed by atoms with Crippen LogP contribution in [0.25, 0.3) is 11.0 Å². The van der Waals surface area contributed by atoms with E-state index in [1.54, 1.807) is 6.07 Å². The van der Waals surface area contributed by atoms with Gasteiger partial charge in [-0.3, -0.25) is 14.9 Å². The molecule has 0 bridgehead atoms. The number of imide groups is 1. The summed E-state index contributed by atoms with van der Waals surface area (Å²) >= 11 is 0. The van der Waals surface area contributed by atoms with Crippen LogP contribution in [0.1, 0.15) is 26.5 Å². The molecule has 1 aromatic heterocycles. The van der Waals surface area contributed by atoms with Crippen molar-refractivity contribution < 1.29 is 41.4 Å². The number of hydrogen-bond acceptors (Lipinski definition) is 6. The molecule has 0 fully saturated rings. The summed E-state index contributed by atoms with van der Waals surface area (Å²) in [6.45, 7) is -2.27. The number of carbonyl (C=O) groups is 3. The van der Waals surface area contributed by atoms with Crippen LogP contribution in [-0.2, 0) is 9.53 Å². The van der Waals surface area contributed by atoms with Gasteiger partial charge in [-0.25, -0.2) is 9.18 Å². The summed E-state index contributed by atoms with van der Waals surface area (Å²) in [5, 5.41) is 2.37. The first-order valence-corrected chi connectivity index (χ1v) is 8.50. The van der Waals surface area contributed by atoms with Crippen molar-refractivity contribution in [3.8, 4) is 5.75 Å². The molecule has 0 atom stereocenters. The van der Waals surface area contributed by atoms with Crippen molar-refractivity contribution in [2.24, 2.45) is 0 Å². The van der Waals surface area contributed by atoms with Gasteiger partial charge in [-0.15, -0.1) is 0 Å². The molecule has 0 saturated heterocycles. The Balaban J connectivity index is 1.58. The number of halogens is 3. The van der Waals surface area contributed by atoms with E-state index in [1.807, 2.05) is 5.32 Å². The van der Waals surface area contributed by atoms with E-state index >= 15 is 0 Å². The second-order valence-electron chi connectivity index (χ2n) is 6.03. The van der Waals surface area contributed by atoms with Crippen LogP contribution in [0.5, 0.6) is 5.75 Å². The summed E-state index contributed by atoms with van der Waals surface area (Å²) in [5.41, 5.74) is 0.234. The summed E-state index contributed by atoms with van der Waals surface area (Å²) in [6, 6.07) is 8.82. The largest absolute Gasteiger partial charge is 0.450 e. The van der Waals surface area contributed by atoms with E-state index < -0.39 is 36.8 Å². The highest BCUT2D eigenvalue weighted by Crippen LogP contribution is 2.27. The molecule has 0 spiro atoms. The van der Waals surface area contributed by atoms with Crippen LogP contribution in [0.4, 0.5) is 13.2 Å². The molecule has 0 saturated carbocycles. The summed E-state index contributed by atoms with van der Waals surface area (Å²) in [5.74, 6) is -3.83. The molecular weight excluding hydrogens is 407 g/mol. The van der Waals surface area contributed by atoms with Crippen LogP contribution in [0.3, 0.4) is 0 Å². The SMILES string of the molecule is Cc1c(C(=O)OCC(=O)NC(=O)c2ccc(OC(F)F)cc2)oc2c(F)cccc12. The molecule has 0 aliphatic rings. The second kappa shape index (κ2) is 8.68. The number of ether oxygens (including phenoxy) is 2. The summed E-state index contributed by atoms with van der Waals surface area (Å²) < 4.78 is 52.2. The van der Waals surface area contributed by atoms with Gasteiger partial charge in [0.25, 0.3) is 11.8 Å². The lowest BCUT2D eigenvalue weighted by atomic mass is 10.1. The summed E-state index contributed by atoms with van der Waals surface area (Å²) in [4.78, 5) is 36.0. The van der Waals surface area contributed by atoms with Crippen LogP contribution < -0.4 is 10.1 Å². The zero-order valence-electron chi connectivity index (χ0n) is 15.4. The number of benzene rings is 2. The molecule has 0 aliphatic carbocycles. The number of aryl methyl sites for hydroxylation is 1. The maximum absolute atomic E-state index is 13.8. The van der Waals surface area contributed by atoms with Crippen molar-refractivity contribution in [1.29, 1.82) is 0 Å². The first kappa shape index (κ1) is 20.9. The smallest absolute Gasteiger partial charge is 0.387 e. The highest BCUT2D eigenvalue weighted by atomic mass is 19.3. The number of nitrogens with one attached hydrogen (secondary N) is 1. The molecule has 3 rings (SSSR count). The molecule has 156 valence electrons. The third-order valence-corrected chi connectivity index (χ3v) is 4.03. The molecule has 2 amide bonds. The highest BCUT2D eigenvalue weighted by Gasteiger charge is 2.22. The maximum atomic E-state index is 13.8. The molecule has 0 radical (unpaired) electrons. The molecule has 2 aromatic carbocycles. The quantitative estimate of drug-likeness (QED) is 0.612. The average molecular weight is 421 g/mol. The van der Waals surface area contributed by atoms with Gasteiger partial charge in [-0.2, -0.15) is 8.78 Å². The Morgan fingerprint density at radius 2 is 1.80 bits per heavy atom. The van der Waals surface area contributed by atoms with E-state index in [2.05, 4.69) is 4.74 Å². The summed E-state index contributed by atoms with van der Waals surface area (Å²) in [7, 11) is 0. The van der Waals surface area contributed by atoms with Crippen LogP contribution in [0, 0.1) is 12.7 Å². The first-order valence-electron chi connectivity index (χ1n) is 8.50. The highest BCUT2D eigenvalue weighted by molar-refractivity contribution is 6.05. The molecule has 0 aliphatic heterocycles. The lowest BCUT2D eigenvalue weighted by Gasteiger charge is -2.07. The molecule has 7 nitrogen and oxygen atoms in total. The zero-order valence-corrected chi connectivity index (χ0v) is 15.4. The van der Waals surface area contributed by atoms with E-state index in [-0.39, 0.29) is 22.7 Å². The molecule has 3 aromatic rings. The normalized spacial score (nSPS) is 10.8. The second-order valence-corrected chi connectivity index (χ2v) is 6.03. The minimum Gasteiger partial charge on any atom is -0.450 e. The number of fused-ring (bicyclic) bond motifs is 1. The fourth-order valence-electron chi connectivity index (χ4n) is 2.62. The third kappa shape index (κ3) is 4.59. The fraction of sp³-hybridized carbons (Fsp3) is 0.150. The first-order chi connectivity index (χ1) is 14.3. The maximum Gasteiger partial charge on any atom is 0.387 e. The van der Waals surface area contributed by atoms with Gasteiger partial charge in [0.1, 0.15) is 5.75 Å². The van der Waals surface area contributed by atoms with Gasteiger partial charge < -0.3 is 13.9 Å². The molecule has 1 heterocycles. The van der Waals surface area contributed by atoms with Gasteiger partial charge in [0.05, 0.1) is 0 Å². The minimum atomic E-state index is -3.01. The van der Waals surface area contributed by atoms with E-state index in [1.165, 1.54) is 31.2 Å². The van der Waals surface area contributed by atoms with E-state index in [0.717, 1.165) is 12.1 Å². The Kier molecular flexibility index (Phi) is 6.05. The van der Waals surface area contributed by atoms with Crippen LogP contribution in [0.15, 0.2) is 46.9 Å². The third-order valence-electron chi connectivity index (χ3n) is 4.03. The molecule has 10 heteroatoms. The van der Waals surface area contributed by atoms with Crippen molar-refractivity contribution in [2.75, 3.05) is 6.61 Å². The fourth-order valence-corrected chi connectivity index (χ4v) is 2.62. The Hall–Kier alpha value is -3.82.